The summed E-state index contributed by atoms with van der Waals surface area (Å²) in [6.07, 6.45) is 0. The normalized spacial score (nSPS) is 11.1. The number of nitrogens with one attached hydrogen (secondary N) is 2. The van der Waals surface area contributed by atoms with Crippen molar-refractivity contribution in [1.29, 1.82) is 0 Å². The lowest BCUT2D eigenvalue weighted by atomic mass is 10.1. The molecule has 0 aliphatic heterocycles. The van der Waals surface area contributed by atoms with Crippen molar-refractivity contribution in [2.75, 3.05) is 10.0 Å². The Morgan fingerprint density at radius 2 is 1.54 bits per heavy atom. The van der Waals surface area contributed by atoms with Crippen LogP contribution in [0, 0.1) is 19.7 Å². The van der Waals surface area contributed by atoms with Gasteiger partial charge in [0, 0.05) is 16.9 Å². The molecular formula is C21H19FN2O3S. The molecule has 1 amide bonds. The van der Waals surface area contributed by atoms with Crippen LogP contribution in [0.2, 0.25) is 0 Å². The summed E-state index contributed by atoms with van der Waals surface area (Å²) < 4.78 is 40.9. The highest BCUT2D eigenvalue weighted by Gasteiger charge is 2.15. The summed E-state index contributed by atoms with van der Waals surface area (Å²) in [6, 6.07) is 16.4. The molecule has 0 unspecified atom stereocenters. The molecular weight excluding hydrogens is 379 g/mol. The van der Waals surface area contributed by atoms with E-state index in [-0.39, 0.29) is 10.5 Å². The predicted octanol–water partition coefficient (Wildman–Crippen LogP) is 4.50. The van der Waals surface area contributed by atoms with Gasteiger partial charge in [0.2, 0.25) is 0 Å². The highest BCUT2D eigenvalue weighted by molar-refractivity contribution is 7.92. The van der Waals surface area contributed by atoms with Crippen LogP contribution in [0.4, 0.5) is 15.8 Å². The predicted molar refractivity (Wildman–Crippen MR) is 108 cm³/mol. The van der Waals surface area contributed by atoms with Gasteiger partial charge in [0.25, 0.3) is 15.9 Å². The molecule has 2 N–H and O–H groups in total. The number of hydrogen-bond acceptors (Lipinski definition) is 3. The Hall–Kier alpha value is -3.19. The van der Waals surface area contributed by atoms with Crippen LogP contribution in [-0.2, 0) is 10.0 Å². The minimum absolute atomic E-state index is 0.0643. The summed E-state index contributed by atoms with van der Waals surface area (Å²) >= 11 is 0. The summed E-state index contributed by atoms with van der Waals surface area (Å²) in [7, 11) is -3.76. The van der Waals surface area contributed by atoms with E-state index in [1.165, 1.54) is 42.5 Å². The van der Waals surface area contributed by atoms with E-state index >= 15 is 0 Å². The monoisotopic (exact) mass is 398 g/mol. The van der Waals surface area contributed by atoms with Crippen LogP contribution in [0.1, 0.15) is 21.5 Å². The third-order valence-electron chi connectivity index (χ3n) is 4.27. The molecule has 5 nitrogen and oxygen atoms in total. The van der Waals surface area contributed by atoms with E-state index in [0.717, 1.165) is 17.2 Å². The van der Waals surface area contributed by atoms with Crippen molar-refractivity contribution in [3.05, 3.63) is 89.2 Å². The number of carbonyl (C=O) groups is 1. The van der Waals surface area contributed by atoms with E-state index in [1.807, 2.05) is 19.9 Å². The number of benzene rings is 3. The van der Waals surface area contributed by atoms with Crippen LogP contribution >= 0.6 is 0 Å². The van der Waals surface area contributed by atoms with Crippen LogP contribution in [0.25, 0.3) is 0 Å². The minimum atomic E-state index is -3.76. The van der Waals surface area contributed by atoms with Crippen molar-refractivity contribution < 1.29 is 17.6 Å². The van der Waals surface area contributed by atoms with Crippen LogP contribution < -0.4 is 10.0 Å². The number of carbonyl (C=O) groups excluding carboxylic acids is 1. The molecule has 0 saturated carbocycles. The van der Waals surface area contributed by atoms with Crippen molar-refractivity contribution in [2.45, 2.75) is 18.7 Å². The number of rotatable bonds is 5. The molecule has 0 spiro atoms. The zero-order valence-corrected chi connectivity index (χ0v) is 16.2. The molecule has 3 rings (SSSR count). The van der Waals surface area contributed by atoms with Gasteiger partial charge in [-0.2, -0.15) is 0 Å². The molecule has 0 radical (unpaired) electrons. The highest BCUT2D eigenvalue weighted by atomic mass is 32.2. The number of hydrogen-bond donors (Lipinski definition) is 2. The lowest BCUT2D eigenvalue weighted by Gasteiger charge is -2.11. The van der Waals surface area contributed by atoms with Gasteiger partial charge in [0.1, 0.15) is 5.82 Å². The summed E-state index contributed by atoms with van der Waals surface area (Å²) in [6.45, 7) is 3.85. The first-order chi connectivity index (χ1) is 13.2. The summed E-state index contributed by atoms with van der Waals surface area (Å²) in [5, 5.41) is 2.61. The third-order valence-corrected chi connectivity index (χ3v) is 5.67. The van der Waals surface area contributed by atoms with Crippen molar-refractivity contribution in [3.8, 4) is 0 Å². The Balaban J connectivity index is 1.74. The number of aryl methyl sites for hydroxylation is 2. The fourth-order valence-electron chi connectivity index (χ4n) is 2.57. The van der Waals surface area contributed by atoms with Gasteiger partial charge in [-0.3, -0.25) is 9.52 Å². The Morgan fingerprint density at radius 1 is 0.857 bits per heavy atom. The highest BCUT2D eigenvalue weighted by Crippen LogP contribution is 2.20. The lowest BCUT2D eigenvalue weighted by Crippen LogP contribution is -2.14. The average molecular weight is 398 g/mol. The topological polar surface area (TPSA) is 75.3 Å². The van der Waals surface area contributed by atoms with Crippen LogP contribution in [0.15, 0.2) is 71.6 Å². The molecule has 7 heteroatoms. The van der Waals surface area contributed by atoms with E-state index in [1.54, 1.807) is 12.1 Å². The molecule has 3 aromatic carbocycles. The molecule has 0 aromatic heterocycles. The van der Waals surface area contributed by atoms with E-state index in [2.05, 4.69) is 10.0 Å². The smallest absolute Gasteiger partial charge is 0.261 e. The largest absolute Gasteiger partial charge is 0.322 e. The van der Waals surface area contributed by atoms with Gasteiger partial charge >= 0.3 is 0 Å². The Morgan fingerprint density at radius 3 is 2.18 bits per heavy atom. The molecule has 0 aliphatic rings. The van der Waals surface area contributed by atoms with Gasteiger partial charge in [-0.25, -0.2) is 12.8 Å². The SMILES string of the molecule is Cc1ccc(NS(=O)(=O)c2ccc(NC(=O)c3cccc(F)c3)cc2)cc1C. The number of amides is 1. The first-order valence-electron chi connectivity index (χ1n) is 8.52. The van der Waals surface area contributed by atoms with Gasteiger partial charge in [-0.1, -0.05) is 12.1 Å². The number of sulfonamides is 1. The molecule has 0 saturated heterocycles. The maximum Gasteiger partial charge on any atom is 0.261 e. The fourth-order valence-corrected chi connectivity index (χ4v) is 3.62. The van der Waals surface area contributed by atoms with Crippen LogP contribution in [0.3, 0.4) is 0 Å². The molecule has 0 bridgehead atoms. The zero-order chi connectivity index (χ0) is 20.3. The summed E-state index contributed by atoms with van der Waals surface area (Å²) in [5.41, 5.74) is 3.11. The van der Waals surface area contributed by atoms with Gasteiger partial charge in [0.05, 0.1) is 4.90 Å². The Kier molecular flexibility index (Phi) is 5.46. The Bertz CT molecular complexity index is 1130. The van der Waals surface area contributed by atoms with Gasteiger partial charge in [0.15, 0.2) is 0 Å². The van der Waals surface area contributed by atoms with Crippen molar-refractivity contribution >= 4 is 27.3 Å². The number of halogens is 1. The summed E-state index contributed by atoms with van der Waals surface area (Å²) in [4.78, 5) is 12.2. The number of anilines is 2. The second kappa shape index (κ2) is 7.82. The van der Waals surface area contributed by atoms with Gasteiger partial charge in [-0.05, 0) is 79.6 Å². The van der Waals surface area contributed by atoms with E-state index < -0.39 is 21.7 Å². The molecule has 0 aliphatic carbocycles. The van der Waals surface area contributed by atoms with Gasteiger partial charge in [-0.15, -0.1) is 0 Å². The second-order valence-corrected chi connectivity index (χ2v) is 8.08. The van der Waals surface area contributed by atoms with Crippen LogP contribution in [-0.4, -0.2) is 14.3 Å². The van der Waals surface area contributed by atoms with Crippen molar-refractivity contribution in [1.82, 2.24) is 0 Å². The summed E-state index contributed by atoms with van der Waals surface area (Å²) in [5.74, 6) is -0.991. The lowest BCUT2D eigenvalue weighted by molar-refractivity contribution is 0.102. The van der Waals surface area contributed by atoms with E-state index in [9.17, 15) is 17.6 Å². The average Bonchev–Trinajstić information content (AvgIpc) is 2.65. The first kappa shape index (κ1) is 19.6. The molecule has 28 heavy (non-hydrogen) atoms. The minimum Gasteiger partial charge on any atom is -0.322 e. The third kappa shape index (κ3) is 4.55. The second-order valence-electron chi connectivity index (χ2n) is 6.39. The zero-order valence-electron chi connectivity index (χ0n) is 15.4. The molecule has 144 valence electrons. The van der Waals surface area contributed by atoms with E-state index in [4.69, 9.17) is 0 Å². The molecule has 0 fully saturated rings. The van der Waals surface area contributed by atoms with Crippen molar-refractivity contribution in [2.24, 2.45) is 0 Å². The van der Waals surface area contributed by atoms with E-state index in [0.29, 0.717) is 11.4 Å². The quantitative estimate of drug-likeness (QED) is 0.665. The molecule has 0 atom stereocenters. The van der Waals surface area contributed by atoms with Crippen LogP contribution in [0.5, 0.6) is 0 Å². The maximum absolute atomic E-state index is 13.2. The Labute approximate surface area is 163 Å². The maximum atomic E-state index is 13.2. The molecule has 0 heterocycles. The van der Waals surface area contributed by atoms with Crippen molar-refractivity contribution in [3.63, 3.8) is 0 Å². The molecule has 3 aromatic rings. The standard InChI is InChI=1S/C21H19FN2O3S/c1-14-6-7-19(12-15(14)2)24-28(26,27)20-10-8-18(9-11-20)23-21(25)16-4-3-5-17(22)13-16/h3-13,24H,1-2H3,(H,23,25). The van der Waals surface area contributed by atoms with Gasteiger partial charge < -0.3 is 5.32 Å². The fraction of sp³-hybridized carbons (Fsp3) is 0.0952. The first-order valence-corrected chi connectivity index (χ1v) is 10.00.